The molecule has 2 rings (SSSR count). The Morgan fingerprint density at radius 2 is 2.12 bits per heavy atom. The summed E-state index contributed by atoms with van der Waals surface area (Å²) in [4.78, 5) is 21.8. The van der Waals surface area contributed by atoms with Crippen LogP contribution in [0.25, 0.3) is 0 Å². The molecule has 0 unspecified atom stereocenters. The Labute approximate surface area is 172 Å². The highest BCUT2D eigenvalue weighted by Crippen LogP contribution is 2.11. The Balaban J connectivity index is 0.00000338. The molecule has 0 radical (unpaired) electrons. The number of hydrogen-bond acceptors (Lipinski definition) is 4. The highest BCUT2D eigenvalue weighted by Gasteiger charge is 2.23. The van der Waals surface area contributed by atoms with Crippen molar-refractivity contribution in [2.75, 3.05) is 33.8 Å². The summed E-state index contributed by atoms with van der Waals surface area (Å²) in [6.07, 6.45) is 7.58. The summed E-state index contributed by atoms with van der Waals surface area (Å²) in [5, 5.41) is 6.81. The van der Waals surface area contributed by atoms with Gasteiger partial charge in [0, 0.05) is 51.7 Å². The number of nitrogens with zero attached hydrogens (tertiary/aromatic N) is 4. The maximum absolute atomic E-state index is 11.5. The zero-order valence-corrected chi connectivity index (χ0v) is 18.2. The Kier molecular flexibility index (Phi) is 10.4. The Morgan fingerprint density at radius 1 is 1.38 bits per heavy atom. The molecule has 1 aliphatic heterocycles. The molecule has 1 amide bonds. The van der Waals surface area contributed by atoms with Crippen LogP contribution in [0.5, 0.6) is 0 Å². The van der Waals surface area contributed by atoms with Gasteiger partial charge in [-0.25, -0.2) is 9.78 Å². The van der Waals surface area contributed by atoms with Crippen molar-refractivity contribution in [1.82, 2.24) is 25.1 Å². The van der Waals surface area contributed by atoms with Crippen molar-refractivity contribution in [2.45, 2.75) is 45.2 Å². The minimum Gasteiger partial charge on any atom is -0.453 e. The topological polar surface area (TPSA) is 83.8 Å². The molecule has 1 aliphatic rings. The molecule has 0 bridgehead atoms. The number of rotatable bonds is 6. The van der Waals surface area contributed by atoms with E-state index in [1.54, 1.807) is 11.9 Å². The van der Waals surface area contributed by atoms with Crippen LogP contribution < -0.4 is 10.6 Å². The third kappa shape index (κ3) is 7.00. The summed E-state index contributed by atoms with van der Waals surface area (Å²) in [6.45, 7) is 5.33. The summed E-state index contributed by atoms with van der Waals surface area (Å²) >= 11 is 0. The number of nitrogens with one attached hydrogen (secondary N) is 2. The number of ether oxygens (including phenoxy) is 1. The first-order valence-corrected chi connectivity index (χ1v) is 8.92. The molecule has 0 aliphatic carbocycles. The van der Waals surface area contributed by atoms with E-state index in [-0.39, 0.29) is 30.1 Å². The number of likely N-dealkylation sites (tertiary alicyclic amines) is 1. The number of carbonyl (C=O) groups is 1. The van der Waals surface area contributed by atoms with Gasteiger partial charge in [0.05, 0.1) is 7.11 Å². The van der Waals surface area contributed by atoms with Gasteiger partial charge in [0.15, 0.2) is 5.96 Å². The maximum Gasteiger partial charge on any atom is 0.409 e. The lowest BCUT2D eigenvalue weighted by Gasteiger charge is -2.32. The minimum atomic E-state index is -0.242. The average molecular weight is 478 g/mol. The van der Waals surface area contributed by atoms with Gasteiger partial charge in [-0.1, -0.05) is 0 Å². The predicted molar refractivity (Wildman–Crippen MR) is 113 cm³/mol. The van der Waals surface area contributed by atoms with Gasteiger partial charge in [-0.15, -0.1) is 24.0 Å². The van der Waals surface area contributed by atoms with E-state index >= 15 is 0 Å². The normalized spacial score (nSPS) is 15.3. The van der Waals surface area contributed by atoms with Crippen molar-refractivity contribution in [3.05, 3.63) is 18.2 Å². The van der Waals surface area contributed by atoms with E-state index in [9.17, 15) is 4.79 Å². The number of imidazole rings is 1. The van der Waals surface area contributed by atoms with Gasteiger partial charge in [0.2, 0.25) is 0 Å². The van der Waals surface area contributed by atoms with Crippen LogP contribution in [0.15, 0.2) is 17.4 Å². The molecular formula is C17H31IN6O2. The number of aryl methyl sites for hydroxylation is 2. The van der Waals surface area contributed by atoms with Gasteiger partial charge >= 0.3 is 6.09 Å². The van der Waals surface area contributed by atoms with Crippen LogP contribution in [0, 0.1) is 6.92 Å². The lowest BCUT2D eigenvalue weighted by atomic mass is 10.1. The van der Waals surface area contributed by atoms with Crippen LogP contribution in [0.3, 0.4) is 0 Å². The Bertz CT molecular complexity index is 569. The first kappa shape index (κ1) is 22.5. The fraction of sp³-hybridized carbons (Fsp3) is 0.706. The van der Waals surface area contributed by atoms with Gasteiger partial charge in [0.1, 0.15) is 5.82 Å². The number of amides is 1. The van der Waals surface area contributed by atoms with E-state index in [2.05, 4.69) is 25.2 Å². The fourth-order valence-electron chi connectivity index (χ4n) is 2.98. The van der Waals surface area contributed by atoms with E-state index in [1.165, 1.54) is 7.11 Å². The molecule has 1 aromatic heterocycles. The molecule has 9 heteroatoms. The van der Waals surface area contributed by atoms with Crippen LogP contribution in [0.1, 0.15) is 31.5 Å². The molecule has 148 valence electrons. The Hall–Kier alpha value is -1.52. The molecule has 2 heterocycles. The van der Waals surface area contributed by atoms with Crippen molar-refractivity contribution in [2.24, 2.45) is 4.99 Å². The SMILES string of the molecule is CN=C(NCCCCn1ccnc1C)NC1CCN(C(=O)OC)CC1.I. The first-order valence-electron chi connectivity index (χ1n) is 8.92. The smallest absolute Gasteiger partial charge is 0.409 e. The van der Waals surface area contributed by atoms with Gasteiger partial charge in [0.25, 0.3) is 0 Å². The monoisotopic (exact) mass is 478 g/mol. The number of unbranched alkanes of at least 4 members (excludes halogenated alkanes) is 1. The number of aliphatic imine (C=N–C) groups is 1. The number of halogens is 1. The predicted octanol–water partition coefficient (Wildman–Crippen LogP) is 1.99. The molecule has 0 spiro atoms. The third-order valence-electron chi connectivity index (χ3n) is 4.53. The highest BCUT2D eigenvalue weighted by molar-refractivity contribution is 14.0. The van der Waals surface area contributed by atoms with Crippen molar-refractivity contribution >= 4 is 36.0 Å². The second-order valence-electron chi connectivity index (χ2n) is 6.25. The largest absolute Gasteiger partial charge is 0.453 e. The number of guanidine groups is 1. The molecule has 1 aromatic rings. The van der Waals surface area contributed by atoms with Crippen LogP contribution in [-0.2, 0) is 11.3 Å². The van der Waals surface area contributed by atoms with E-state index < -0.39 is 0 Å². The molecule has 1 fully saturated rings. The van der Waals surface area contributed by atoms with Gasteiger partial charge < -0.3 is 24.8 Å². The molecule has 0 saturated carbocycles. The molecule has 0 aromatic carbocycles. The number of aromatic nitrogens is 2. The van der Waals surface area contributed by atoms with E-state index in [4.69, 9.17) is 4.74 Å². The van der Waals surface area contributed by atoms with E-state index in [1.807, 2.05) is 19.3 Å². The standard InChI is InChI=1S/C17H30N6O2.HI/c1-14-19-9-13-22(14)10-5-4-8-20-16(18-2)21-15-6-11-23(12-7-15)17(24)25-3;/h9,13,15H,4-8,10-12H2,1-3H3,(H2,18,20,21);1H. The average Bonchev–Trinajstić information content (AvgIpc) is 3.05. The van der Waals surface area contributed by atoms with Crippen LogP contribution in [-0.4, -0.2) is 66.3 Å². The first-order chi connectivity index (χ1) is 12.1. The van der Waals surface area contributed by atoms with E-state index in [0.717, 1.165) is 50.6 Å². The second-order valence-corrected chi connectivity index (χ2v) is 6.25. The molecule has 1 saturated heterocycles. The number of piperidine rings is 1. The second kappa shape index (κ2) is 12.0. The molecule has 2 N–H and O–H groups in total. The number of carbonyl (C=O) groups excluding carboxylic acids is 1. The summed E-state index contributed by atoms with van der Waals surface area (Å²) < 4.78 is 6.93. The molecule has 0 atom stereocenters. The molecular weight excluding hydrogens is 447 g/mol. The van der Waals surface area contributed by atoms with Crippen molar-refractivity contribution < 1.29 is 9.53 Å². The van der Waals surface area contributed by atoms with Crippen molar-refractivity contribution in [3.8, 4) is 0 Å². The van der Waals surface area contributed by atoms with Gasteiger partial charge in [-0.05, 0) is 32.6 Å². The van der Waals surface area contributed by atoms with Crippen LogP contribution in [0.2, 0.25) is 0 Å². The minimum absolute atomic E-state index is 0. The number of methoxy groups -OCH3 is 1. The zero-order valence-electron chi connectivity index (χ0n) is 15.9. The van der Waals surface area contributed by atoms with Crippen LogP contribution >= 0.6 is 24.0 Å². The summed E-state index contributed by atoms with van der Waals surface area (Å²) in [5.41, 5.74) is 0. The van der Waals surface area contributed by atoms with Crippen LogP contribution in [0.4, 0.5) is 4.79 Å². The quantitative estimate of drug-likeness (QED) is 0.283. The summed E-state index contributed by atoms with van der Waals surface area (Å²) in [5.74, 6) is 1.89. The Morgan fingerprint density at radius 3 is 2.69 bits per heavy atom. The summed E-state index contributed by atoms with van der Waals surface area (Å²) in [7, 11) is 3.21. The lowest BCUT2D eigenvalue weighted by Crippen LogP contribution is -2.49. The molecule has 8 nitrogen and oxygen atoms in total. The van der Waals surface area contributed by atoms with Gasteiger partial charge in [-0.2, -0.15) is 0 Å². The summed E-state index contributed by atoms with van der Waals surface area (Å²) in [6, 6.07) is 0.334. The lowest BCUT2D eigenvalue weighted by molar-refractivity contribution is 0.111. The maximum atomic E-state index is 11.5. The van der Waals surface area contributed by atoms with Gasteiger partial charge in [-0.3, -0.25) is 4.99 Å². The fourth-order valence-corrected chi connectivity index (χ4v) is 2.98. The van der Waals surface area contributed by atoms with Crippen molar-refractivity contribution in [1.29, 1.82) is 0 Å². The number of hydrogen-bond donors (Lipinski definition) is 2. The zero-order chi connectivity index (χ0) is 18.1. The molecule has 26 heavy (non-hydrogen) atoms. The third-order valence-corrected chi connectivity index (χ3v) is 4.53. The highest BCUT2D eigenvalue weighted by atomic mass is 127. The van der Waals surface area contributed by atoms with Crippen molar-refractivity contribution in [3.63, 3.8) is 0 Å². The van der Waals surface area contributed by atoms with E-state index in [0.29, 0.717) is 19.1 Å².